The maximum atomic E-state index is 12.2. The zero-order chi connectivity index (χ0) is 18.5. The third kappa shape index (κ3) is 9.13. The molecule has 1 aromatic rings. The number of hydrogen-bond donors (Lipinski definition) is 2. The molecule has 0 aliphatic carbocycles. The van der Waals surface area contributed by atoms with Crippen LogP contribution in [0.4, 0.5) is 5.69 Å². The van der Waals surface area contributed by atoms with Crippen LogP contribution >= 0.6 is 0 Å². The molecule has 5 nitrogen and oxygen atoms in total. The molecule has 0 radical (unpaired) electrons. The predicted octanol–water partition coefficient (Wildman–Crippen LogP) is 5.04. The monoisotopic (exact) mass is 349 g/mol. The molecule has 0 aromatic heterocycles. The molecular formula is C20H31NO4. The van der Waals surface area contributed by atoms with Crippen molar-refractivity contribution in [1.82, 2.24) is 0 Å². The highest BCUT2D eigenvalue weighted by Gasteiger charge is 2.14. The Balaban J connectivity index is 2.26. The summed E-state index contributed by atoms with van der Waals surface area (Å²) in [6.07, 6.45) is 10.8. The average Bonchev–Trinajstić information content (AvgIpc) is 2.57. The van der Waals surface area contributed by atoms with E-state index in [-0.39, 0.29) is 17.2 Å². The maximum Gasteiger partial charge on any atom is 0.340 e. The van der Waals surface area contributed by atoms with Crippen LogP contribution in [0.2, 0.25) is 0 Å². The molecule has 0 aliphatic rings. The number of benzene rings is 1. The quantitative estimate of drug-likeness (QED) is 0.315. The van der Waals surface area contributed by atoms with Gasteiger partial charge in [0.2, 0.25) is 5.91 Å². The van der Waals surface area contributed by atoms with E-state index in [9.17, 15) is 14.7 Å². The zero-order valence-electron chi connectivity index (χ0n) is 15.5. The number of aromatic hydroxyl groups is 1. The van der Waals surface area contributed by atoms with Crippen LogP contribution in [-0.4, -0.2) is 23.6 Å². The Bertz CT molecular complexity index is 542. The minimum Gasteiger partial charge on any atom is -0.508 e. The van der Waals surface area contributed by atoms with Gasteiger partial charge in [-0.1, -0.05) is 58.3 Å². The van der Waals surface area contributed by atoms with Gasteiger partial charge in [0.15, 0.2) is 0 Å². The Morgan fingerprint density at radius 3 is 2.20 bits per heavy atom. The summed E-state index contributed by atoms with van der Waals surface area (Å²) in [5.74, 6) is -0.845. The fourth-order valence-electron chi connectivity index (χ4n) is 2.66. The molecule has 0 heterocycles. The van der Waals surface area contributed by atoms with Gasteiger partial charge in [-0.05, 0) is 24.6 Å². The number of rotatable bonds is 12. The molecule has 0 saturated heterocycles. The summed E-state index contributed by atoms with van der Waals surface area (Å²) in [7, 11) is 0. The lowest BCUT2D eigenvalue weighted by Gasteiger charge is -2.10. The number of ether oxygens (including phenoxy) is 1. The third-order valence-corrected chi connectivity index (χ3v) is 4.01. The predicted molar refractivity (Wildman–Crippen MR) is 99.9 cm³/mol. The largest absolute Gasteiger partial charge is 0.508 e. The second kappa shape index (κ2) is 12.3. The van der Waals surface area contributed by atoms with E-state index < -0.39 is 5.97 Å². The number of anilines is 1. The van der Waals surface area contributed by atoms with Crippen molar-refractivity contribution in [1.29, 1.82) is 0 Å². The minimum absolute atomic E-state index is 0.0378. The van der Waals surface area contributed by atoms with Gasteiger partial charge in [-0.25, -0.2) is 4.79 Å². The molecule has 0 atom stereocenters. The molecule has 0 saturated carbocycles. The van der Waals surface area contributed by atoms with Crippen LogP contribution in [-0.2, 0) is 9.53 Å². The second-order valence-electron chi connectivity index (χ2n) is 6.38. The molecular weight excluding hydrogens is 318 g/mol. The number of unbranched alkanes of at least 4 members (excludes halogenated alkanes) is 8. The van der Waals surface area contributed by atoms with Crippen molar-refractivity contribution in [2.24, 2.45) is 0 Å². The molecule has 2 N–H and O–H groups in total. The van der Waals surface area contributed by atoms with Crippen molar-refractivity contribution < 1.29 is 19.4 Å². The molecule has 25 heavy (non-hydrogen) atoms. The Morgan fingerprint density at radius 1 is 1.00 bits per heavy atom. The molecule has 0 unspecified atom stereocenters. The van der Waals surface area contributed by atoms with E-state index in [1.807, 2.05) is 0 Å². The van der Waals surface area contributed by atoms with Crippen LogP contribution in [0, 0.1) is 0 Å². The molecule has 1 aromatic carbocycles. The number of hydrogen-bond acceptors (Lipinski definition) is 4. The van der Waals surface area contributed by atoms with E-state index in [0.717, 1.165) is 19.3 Å². The highest BCUT2D eigenvalue weighted by Crippen LogP contribution is 2.22. The van der Waals surface area contributed by atoms with E-state index in [4.69, 9.17) is 4.74 Å². The first-order valence-corrected chi connectivity index (χ1v) is 9.32. The Labute approximate surface area is 150 Å². The van der Waals surface area contributed by atoms with Crippen molar-refractivity contribution in [3.8, 4) is 5.75 Å². The van der Waals surface area contributed by atoms with Crippen LogP contribution in [0.5, 0.6) is 5.75 Å². The molecule has 1 rings (SSSR count). The third-order valence-electron chi connectivity index (χ3n) is 4.01. The van der Waals surface area contributed by atoms with Gasteiger partial charge < -0.3 is 15.2 Å². The molecule has 140 valence electrons. The lowest BCUT2D eigenvalue weighted by atomic mass is 10.1. The molecule has 0 aliphatic heterocycles. The van der Waals surface area contributed by atoms with E-state index in [1.165, 1.54) is 63.6 Å². The molecule has 0 bridgehead atoms. The lowest BCUT2D eigenvalue weighted by molar-refractivity contribution is -0.114. The SMILES string of the molecule is CCCCCCCCCCCOC(=O)c1cc(O)ccc1NC(C)=O. The first kappa shape index (κ1) is 21.0. The van der Waals surface area contributed by atoms with Crippen LogP contribution in [0.1, 0.15) is 82.0 Å². The highest BCUT2D eigenvalue weighted by molar-refractivity contribution is 6.01. The van der Waals surface area contributed by atoms with Crippen molar-refractivity contribution in [2.45, 2.75) is 71.6 Å². The van der Waals surface area contributed by atoms with Gasteiger partial charge in [0.25, 0.3) is 0 Å². The number of carbonyl (C=O) groups is 2. The topological polar surface area (TPSA) is 75.6 Å². The van der Waals surface area contributed by atoms with Gasteiger partial charge in [0, 0.05) is 6.92 Å². The lowest BCUT2D eigenvalue weighted by Crippen LogP contribution is -2.13. The van der Waals surface area contributed by atoms with Gasteiger partial charge in [0.1, 0.15) is 5.75 Å². The maximum absolute atomic E-state index is 12.2. The summed E-state index contributed by atoms with van der Waals surface area (Å²) in [6.45, 7) is 3.94. The fraction of sp³-hybridized carbons (Fsp3) is 0.600. The summed E-state index contributed by atoms with van der Waals surface area (Å²) in [6, 6.07) is 4.22. The molecule has 0 spiro atoms. The summed E-state index contributed by atoms with van der Waals surface area (Å²) in [5, 5.41) is 12.1. The summed E-state index contributed by atoms with van der Waals surface area (Å²) >= 11 is 0. The smallest absolute Gasteiger partial charge is 0.340 e. The van der Waals surface area contributed by atoms with Gasteiger partial charge in [-0.3, -0.25) is 4.79 Å². The number of phenolic OH excluding ortho intramolecular Hbond substituents is 1. The Kier molecular flexibility index (Phi) is 10.4. The van der Waals surface area contributed by atoms with E-state index in [1.54, 1.807) is 0 Å². The van der Waals surface area contributed by atoms with Crippen molar-refractivity contribution >= 4 is 17.6 Å². The van der Waals surface area contributed by atoms with E-state index in [0.29, 0.717) is 12.3 Å². The van der Waals surface area contributed by atoms with Crippen molar-refractivity contribution in [2.75, 3.05) is 11.9 Å². The Hall–Kier alpha value is -2.04. The van der Waals surface area contributed by atoms with Crippen LogP contribution in [0.3, 0.4) is 0 Å². The first-order chi connectivity index (χ1) is 12.0. The standard InChI is InChI=1S/C20H31NO4/c1-3-4-5-6-7-8-9-10-11-14-25-20(24)18-15-17(23)12-13-19(18)21-16(2)22/h12-13,15,23H,3-11,14H2,1-2H3,(H,21,22). The second-order valence-corrected chi connectivity index (χ2v) is 6.38. The number of phenols is 1. The Morgan fingerprint density at radius 2 is 1.60 bits per heavy atom. The summed E-state index contributed by atoms with van der Waals surface area (Å²) in [5.41, 5.74) is 0.522. The van der Waals surface area contributed by atoms with Crippen molar-refractivity contribution in [3.63, 3.8) is 0 Å². The normalized spacial score (nSPS) is 10.5. The van der Waals surface area contributed by atoms with Gasteiger partial charge >= 0.3 is 5.97 Å². The van der Waals surface area contributed by atoms with Crippen LogP contribution in [0.15, 0.2) is 18.2 Å². The van der Waals surface area contributed by atoms with Gasteiger partial charge in [-0.2, -0.15) is 0 Å². The zero-order valence-corrected chi connectivity index (χ0v) is 15.5. The van der Waals surface area contributed by atoms with E-state index in [2.05, 4.69) is 12.2 Å². The molecule has 1 amide bonds. The number of esters is 1. The molecule has 5 heteroatoms. The van der Waals surface area contributed by atoms with Crippen LogP contribution < -0.4 is 5.32 Å². The highest BCUT2D eigenvalue weighted by atomic mass is 16.5. The summed E-state index contributed by atoms with van der Waals surface area (Å²) in [4.78, 5) is 23.3. The number of amides is 1. The number of nitrogens with one attached hydrogen (secondary N) is 1. The molecule has 0 fully saturated rings. The minimum atomic E-state index is -0.529. The number of carbonyl (C=O) groups excluding carboxylic acids is 2. The van der Waals surface area contributed by atoms with Crippen molar-refractivity contribution in [3.05, 3.63) is 23.8 Å². The summed E-state index contributed by atoms with van der Waals surface area (Å²) < 4.78 is 5.26. The first-order valence-electron chi connectivity index (χ1n) is 9.32. The van der Waals surface area contributed by atoms with Gasteiger partial charge in [-0.15, -0.1) is 0 Å². The van der Waals surface area contributed by atoms with Crippen LogP contribution in [0.25, 0.3) is 0 Å². The fourth-order valence-corrected chi connectivity index (χ4v) is 2.66. The van der Waals surface area contributed by atoms with E-state index >= 15 is 0 Å². The average molecular weight is 349 g/mol. The van der Waals surface area contributed by atoms with Gasteiger partial charge in [0.05, 0.1) is 17.9 Å².